The normalized spacial score (nSPS) is 16.5. The molecular formula is C19H17N3O2. The monoisotopic (exact) mass is 319 g/mol. The van der Waals surface area contributed by atoms with E-state index in [1.165, 1.54) is 0 Å². The van der Waals surface area contributed by atoms with Gasteiger partial charge in [-0.05, 0) is 37.3 Å². The highest BCUT2D eigenvalue weighted by atomic mass is 16.5. The van der Waals surface area contributed by atoms with Crippen LogP contribution < -0.4 is 4.74 Å². The third-order valence-corrected chi connectivity index (χ3v) is 4.36. The van der Waals surface area contributed by atoms with E-state index in [-0.39, 0.29) is 11.7 Å². The van der Waals surface area contributed by atoms with Crippen molar-refractivity contribution in [2.24, 2.45) is 5.92 Å². The van der Waals surface area contributed by atoms with Gasteiger partial charge in [-0.3, -0.25) is 9.78 Å². The summed E-state index contributed by atoms with van der Waals surface area (Å²) in [5.41, 5.74) is 2.40. The molecule has 0 fully saturated rings. The maximum Gasteiger partial charge on any atom is 0.174 e. The molecule has 0 aliphatic carbocycles. The van der Waals surface area contributed by atoms with Gasteiger partial charge in [-0.1, -0.05) is 6.07 Å². The molecule has 0 spiro atoms. The van der Waals surface area contributed by atoms with E-state index in [2.05, 4.69) is 9.97 Å². The number of aromatic nitrogens is 3. The van der Waals surface area contributed by atoms with E-state index in [0.29, 0.717) is 24.5 Å². The summed E-state index contributed by atoms with van der Waals surface area (Å²) in [6.07, 6.45) is 5.39. The van der Waals surface area contributed by atoms with E-state index in [1.807, 2.05) is 54.1 Å². The molecule has 3 aromatic rings. The molecule has 1 aliphatic rings. The highest BCUT2D eigenvalue weighted by Crippen LogP contribution is 2.31. The van der Waals surface area contributed by atoms with Gasteiger partial charge >= 0.3 is 0 Å². The number of ether oxygens (including phenoxy) is 1. The second-order valence-electron chi connectivity index (χ2n) is 5.92. The average molecular weight is 319 g/mol. The van der Waals surface area contributed by atoms with Gasteiger partial charge in [0.15, 0.2) is 5.78 Å². The molecule has 3 heterocycles. The summed E-state index contributed by atoms with van der Waals surface area (Å²) in [5.74, 6) is 1.46. The van der Waals surface area contributed by atoms with Gasteiger partial charge in [0, 0.05) is 30.7 Å². The van der Waals surface area contributed by atoms with Gasteiger partial charge in [0.25, 0.3) is 0 Å². The summed E-state index contributed by atoms with van der Waals surface area (Å²) < 4.78 is 7.80. The van der Waals surface area contributed by atoms with Crippen molar-refractivity contribution < 1.29 is 9.53 Å². The third-order valence-electron chi connectivity index (χ3n) is 4.36. The van der Waals surface area contributed by atoms with Crippen molar-refractivity contribution in [2.45, 2.75) is 13.5 Å². The third kappa shape index (κ3) is 2.58. The topological polar surface area (TPSA) is 57.0 Å². The number of benzene rings is 1. The molecule has 2 aromatic heterocycles. The summed E-state index contributed by atoms with van der Waals surface area (Å²) in [6, 6.07) is 11.4. The van der Waals surface area contributed by atoms with Crippen molar-refractivity contribution in [3.05, 3.63) is 66.4 Å². The first kappa shape index (κ1) is 14.6. The Hall–Kier alpha value is -2.95. The molecule has 1 aromatic carbocycles. The molecular weight excluding hydrogens is 302 g/mol. The van der Waals surface area contributed by atoms with Crippen LogP contribution in [0.1, 0.15) is 16.2 Å². The van der Waals surface area contributed by atoms with Crippen LogP contribution >= 0.6 is 0 Å². The van der Waals surface area contributed by atoms with Crippen LogP contribution in [0.4, 0.5) is 0 Å². The van der Waals surface area contributed by atoms with E-state index in [1.54, 1.807) is 12.4 Å². The minimum absolute atomic E-state index is 0.113. The number of ketones is 1. The second-order valence-corrected chi connectivity index (χ2v) is 5.92. The number of Topliss-reactive ketones (excluding diaryl/α,β-unsaturated/α-hetero) is 1. The Morgan fingerprint density at radius 2 is 2.12 bits per heavy atom. The number of imidazole rings is 1. The number of hydrogen-bond acceptors (Lipinski definition) is 4. The predicted octanol–water partition coefficient (Wildman–Crippen LogP) is 3.15. The molecule has 0 saturated heterocycles. The summed E-state index contributed by atoms with van der Waals surface area (Å²) in [5, 5.41) is 0. The Labute approximate surface area is 139 Å². The average Bonchev–Trinajstić information content (AvgIpc) is 3.03. The molecule has 120 valence electrons. The Balaban J connectivity index is 1.65. The number of hydrogen-bond donors (Lipinski definition) is 0. The lowest BCUT2D eigenvalue weighted by Gasteiger charge is -2.25. The molecule has 0 saturated carbocycles. The number of fused-ring (bicyclic) bond motifs is 1. The summed E-state index contributed by atoms with van der Waals surface area (Å²) in [7, 11) is 0. The zero-order chi connectivity index (χ0) is 16.5. The predicted molar refractivity (Wildman–Crippen MR) is 90.0 cm³/mol. The first-order valence-electron chi connectivity index (χ1n) is 7.92. The summed E-state index contributed by atoms with van der Waals surface area (Å²) in [6.45, 7) is 2.91. The lowest BCUT2D eigenvalue weighted by atomic mass is 9.93. The van der Waals surface area contributed by atoms with Crippen LogP contribution in [0, 0.1) is 12.8 Å². The van der Waals surface area contributed by atoms with Crippen molar-refractivity contribution in [3.8, 4) is 17.0 Å². The number of aryl methyl sites for hydroxylation is 1. The summed E-state index contributed by atoms with van der Waals surface area (Å²) in [4.78, 5) is 21.5. The largest absolute Gasteiger partial charge is 0.492 e. The molecule has 0 amide bonds. The molecule has 0 N–H and O–H groups in total. The molecule has 1 unspecified atom stereocenters. The lowest BCUT2D eigenvalue weighted by molar-refractivity contribution is 0.0810. The van der Waals surface area contributed by atoms with E-state index in [0.717, 1.165) is 17.1 Å². The number of carbonyl (C=O) groups is 1. The van der Waals surface area contributed by atoms with Crippen LogP contribution in [0.15, 0.2) is 55.0 Å². The number of pyridine rings is 1. The van der Waals surface area contributed by atoms with Gasteiger partial charge in [0.05, 0.1) is 17.2 Å². The zero-order valence-electron chi connectivity index (χ0n) is 13.3. The highest BCUT2D eigenvalue weighted by Gasteiger charge is 2.29. The smallest absolute Gasteiger partial charge is 0.174 e. The van der Waals surface area contributed by atoms with Crippen molar-refractivity contribution in [3.63, 3.8) is 0 Å². The van der Waals surface area contributed by atoms with Gasteiger partial charge in [0.2, 0.25) is 0 Å². The van der Waals surface area contributed by atoms with Crippen molar-refractivity contribution in [1.29, 1.82) is 0 Å². The molecule has 1 aliphatic heterocycles. The Kier molecular flexibility index (Phi) is 3.61. The van der Waals surface area contributed by atoms with Crippen LogP contribution in [0.25, 0.3) is 11.3 Å². The second kappa shape index (κ2) is 5.92. The van der Waals surface area contributed by atoms with Gasteiger partial charge in [-0.2, -0.15) is 0 Å². The number of carbonyl (C=O) groups excluding carboxylic acids is 1. The van der Waals surface area contributed by atoms with Gasteiger partial charge < -0.3 is 9.30 Å². The maximum absolute atomic E-state index is 12.9. The van der Waals surface area contributed by atoms with Crippen molar-refractivity contribution in [2.75, 3.05) is 6.61 Å². The van der Waals surface area contributed by atoms with Gasteiger partial charge in [0.1, 0.15) is 18.2 Å². The van der Waals surface area contributed by atoms with Crippen LogP contribution in [-0.4, -0.2) is 26.9 Å². The first-order valence-corrected chi connectivity index (χ1v) is 7.92. The molecule has 5 heteroatoms. The quantitative estimate of drug-likeness (QED) is 0.744. The Morgan fingerprint density at radius 1 is 1.21 bits per heavy atom. The van der Waals surface area contributed by atoms with E-state index >= 15 is 0 Å². The standard InChI is InChI=1S/C19H17N3O2/c1-13-20-8-9-22(13)11-15-12-24-18-6-5-14(10-16(18)19(15)23)17-4-2-3-7-21-17/h2-10,15H,11-12H2,1H3. The lowest BCUT2D eigenvalue weighted by Crippen LogP contribution is -2.31. The SMILES string of the molecule is Cc1nccn1CC1COc2ccc(-c3ccccn3)cc2C1=O. The number of nitrogens with zero attached hydrogens (tertiary/aromatic N) is 3. The maximum atomic E-state index is 12.9. The molecule has 1 atom stereocenters. The molecule has 24 heavy (non-hydrogen) atoms. The summed E-state index contributed by atoms with van der Waals surface area (Å²) >= 11 is 0. The highest BCUT2D eigenvalue weighted by molar-refractivity contribution is 6.02. The van der Waals surface area contributed by atoms with Crippen LogP contribution in [0.2, 0.25) is 0 Å². The van der Waals surface area contributed by atoms with E-state index in [9.17, 15) is 4.79 Å². The molecule has 5 nitrogen and oxygen atoms in total. The van der Waals surface area contributed by atoms with Gasteiger partial charge in [-0.25, -0.2) is 4.98 Å². The zero-order valence-corrected chi connectivity index (χ0v) is 13.3. The minimum atomic E-state index is -0.204. The minimum Gasteiger partial charge on any atom is -0.492 e. The van der Waals surface area contributed by atoms with Crippen molar-refractivity contribution >= 4 is 5.78 Å². The first-order chi connectivity index (χ1) is 11.7. The molecule has 0 bridgehead atoms. The van der Waals surface area contributed by atoms with Crippen molar-refractivity contribution in [1.82, 2.24) is 14.5 Å². The van der Waals surface area contributed by atoms with E-state index in [4.69, 9.17) is 4.74 Å². The van der Waals surface area contributed by atoms with Gasteiger partial charge in [-0.15, -0.1) is 0 Å². The van der Waals surface area contributed by atoms with E-state index < -0.39 is 0 Å². The van der Waals surface area contributed by atoms with Crippen LogP contribution in [0.3, 0.4) is 0 Å². The fourth-order valence-corrected chi connectivity index (χ4v) is 3.00. The fourth-order valence-electron chi connectivity index (χ4n) is 3.00. The Bertz CT molecular complexity index is 887. The van der Waals surface area contributed by atoms with Crippen LogP contribution in [-0.2, 0) is 6.54 Å². The number of rotatable bonds is 3. The van der Waals surface area contributed by atoms with Crippen LogP contribution in [0.5, 0.6) is 5.75 Å². The Morgan fingerprint density at radius 3 is 2.88 bits per heavy atom. The fraction of sp³-hybridized carbons (Fsp3) is 0.211. The molecule has 0 radical (unpaired) electrons. The molecule has 4 rings (SSSR count).